The van der Waals surface area contributed by atoms with Gasteiger partial charge in [0.25, 0.3) is 11.5 Å². The maximum absolute atomic E-state index is 13.1. The van der Waals surface area contributed by atoms with Gasteiger partial charge in [-0.05, 0) is 40.5 Å². The lowest BCUT2D eigenvalue weighted by atomic mass is 10.1. The molecule has 0 bridgehead atoms. The van der Waals surface area contributed by atoms with Crippen molar-refractivity contribution in [3.05, 3.63) is 50.8 Å². The molecule has 8 nitrogen and oxygen atoms in total. The number of rotatable bonds is 3. The molecule has 0 saturated carbocycles. The molecule has 4 rings (SSSR count). The molecule has 1 amide bonds. The predicted octanol–water partition coefficient (Wildman–Crippen LogP) is 2.14. The normalized spacial score (nSPS) is 17.2. The van der Waals surface area contributed by atoms with Gasteiger partial charge in [-0.1, -0.05) is 0 Å². The highest BCUT2D eigenvalue weighted by Crippen LogP contribution is 2.33. The van der Waals surface area contributed by atoms with E-state index in [4.69, 9.17) is 0 Å². The van der Waals surface area contributed by atoms with Crippen LogP contribution in [0.1, 0.15) is 58.8 Å². The van der Waals surface area contributed by atoms with E-state index in [2.05, 4.69) is 15.2 Å². The Labute approximate surface area is 156 Å². The number of aryl methyl sites for hydroxylation is 2. The van der Waals surface area contributed by atoms with Crippen molar-refractivity contribution in [1.29, 1.82) is 0 Å². The standard InChI is InChI=1S/C19H24N6O2/c1-5-24-13(4)14(10-20-24)19(27)23-8-6-7-16(23)15-9-17-21-12(3)11(2)18(26)25(17)22-15/h9-10,16,22H,5-8H2,1-4H3. The Morgan fingerprint density at radius 2 is 2.11 bits per heavy atom. The smallest absolute Gasteiger partial charge is 0.275 e. The van der Waals surface area contributed by atoms with Crippen molar-refractivity contribution in [2.24, 2.45) is 0 Å². The number of amides is 1. The molecule has 142 valence electrons. The lowest BCUT2D eigenvalue weighted by molar-refractivity contribution is 0.0732. The van der Waals surface area contributed by atoms with Crippen LogP contribution in [0.25, 0.3) is 5.65 Å². The van der Waals surface area contributed by atoms with E-state index in [0.717, 1.165) is 36.5 Å². The average Bonchev–Trinajstić information content (AvgIpc) is 3.36. The number of nitrogens with one attached hydrogen (secondary N) is 1. The second-order valence-electron chi connectivity index (χ2n) is 7.15. The fraction of sp³-hybridized carbons (Fsp3) is 0.474. The molecule has 0 radical (unpaired) electrons. The van der Waals surface area contributed by atoms with Crippen molar-refractivity contribution < 1.29 is 4.79 Å². The van der Waals surface area contributed by atoms with Crippen LogP contribution in [-0.4, -0.2) is 41.7 Å². The van der Waals surface area contributed by atoms with Crippen LogP contribution in [0.5, 0.6) is 0 Å². The first-order valence-electron chi connectivity index (χ1n) is 9.34. The van der Waals surface area contributed by atoms with Crippen LogP contribution in [0.2, 0.25) is 0 Å². The molecule has 8 heteroatoms. The Bertz CT molecular complexity index is 1090. The van der Waals surface area contributed by atoms with E-state index < -0.39 is 0 Å². The maximum atomic E-state index is 13.1. The minimum absolute atomic E-state index is 0.0129. The molecular weight excluding hydrogens is 344 g/mol. The summed E-state index contributed by atoms with van der Waals surface area (Å²) in [7, 11) is 0. The van der Waals surface area contributed by atoms with Crippen LogP contribution >= 0.6 is 0 Å². The second kappa shape index (κ2) is 6.37. The third kappa shape index (κ3) is 2.67. The number of fused-ring (bicyclic) bond motifs is 1. The Morgan fingerprint density at radius 3 is 2.81 bits per heavy atom. The largest absolute Gasteiger partial charge is 0.330 e. The molecule has 1 unspecified atom stereocenters. The van der Waals surface area contributed by atoms with E-state index in [9.17, 15) is 9.59 Å². The van der Waals surface area contributed by atoms with Gasteiger partial charge in [0.15, 0.2) is 5.65 Å². The fourth-order valence-electron chi connectivity index (χ4n) is 3.87. The highest BCUT2D eigenvalue weighted by Gasteiger charge is 2.33. The second-order valence-corrected chi connectivity index (χ2v) is 7.15. The third-order valence-corrected chi connectivity index (χ3v) is 5.61. The predicted molar refractivity (Wildman–Crippen MR) is 101 cm³/mol. The molecule has 3 aromatic heterocycles. The Hall–Kier alpha value is -2.90. The van der Waals surface area contributed by atoms with Gasteiger partial charge in [-0.25, -0.2) is 9.50 Å². The van der Waals surface area contributed by atoms with Crippen LogP contribution in [0.4, 0.5) is 0 Å². The van der Waals surface area contributed by atoms with Gasteiger partial charge in [0.2, 0.25) is 0 Å². The van der Waals surface area contributed by atoms with Crippen molar-refractivity contribution in [1.82, 2.24) is 29.3 Å². The molecule has 1 fully saturated rings. The van der Waals surface area contributed by atoms with Crippen LogP contribution in [0, 0.1) is 20.8 Å². The summed E-state index contributed by atoms with van der Waals surface area (Å²) in [4.78, 5) is 32.0. The first-order chi connectivity index (χ1) is 12.9. The lowest BCUT2D eigenvalue weighted by Gasteiger charge is -2.23. The Morgan fingerprint density at radius 1 is 1.33 bits per heavy atom. The number of carbonyl (C=O) groups is 1. The molecule has 3 aromatic rings. The van der Waals surface area contributed by atoms with Crippen molar-refractivity contribution >= 4 is 11.6 Å². The zero-order chi connectivity index (χ0) is 19.3. The molecular formula is C19H24N6O2. The number of hydrogen-bond donors (Lipinski definition) is 1. The van der Waals surface area contributed by atoms with Crippen molar-refractivity contribution in [2.75, 3.05) is 6.54 Å². The summed E-state index contributed by atoms with van der Waals surface area (Å²) >= 11 is 0. The quantitative estimate of drug-likeness (QED) is 0.767. The highest BCUT2D eigenvalue weighted by atomic mass is 16.2. The van der Waals surface area contributed by atoms with Gasteiger partial charge in [-0.3, -0.25) is 19.4 Å². The van der Waals surface area contributed by atoms with Gasteiger partial charge in [0, 0.05) is 36.1 Å². The summed E-state index contributed by atoms with van der Waals surface area (Å²) in [5.74, 6) is -0.0129. The number of carbonyl (C=O) groups excluding carboxylic acids is 1. The van der Waals surface area contributed by atoms with Crippen LogP contribution < -0.4 is 5.56 Å². The van der Waals surface area contributed by atoms with Crippen molar-refractivity contribution in [2.45, 2.75) is 53.1 Å². The molecule has 0 aliphatic carbocycles. The van der Waals surface area contributed by atoms with E-state index in [1.165, 1.54) is 4.52 Å². The summed E-state index contributed by atoms with van der Waals surface area (Å²) in [5.41, 5.74) is 4.22. The zero-order valence-corrected chi connectivity index (χ0v) is 16.1. The van der Waals surface area contributed by atoms with Crippen LogP contribution in [0.3, 0.4) is 0 Å². The van der Waals surface area contributed by atoms with Gasteiger partial charge >= 0.3 is 0 Å². The SMILES string of the molecule is CCn1ncc(C(=O)N2CCCC2c2cc3nc(C)c(C)c(=O)n3[nH]2)c1C. The van der Waals surface area contributed by atoms with Gasteiger partial charge < -0.3 is 4.90 Å². The Balaban J connectivity index is 1.72. The monoisotopic (exact) mass is 368 g/mol. The molecule has 0 aromatic carbocycles. The number of likely N-dealkylation sites (tertiary alicyclic amines) is 1. The minimum atomic E-state index is -0.0975. The molecule has 0 spiro atoms. The third-order valence-electron chi connectivity index (χ3n) is 5.61. The minimum Gasteiger partial charge on any atom is -0.330 e. The van der Waals surface area contributed by atoms with E-state index in [0.29, 0.717) is 23.3 Å². The molecule has 27 heavy (non-hydrogen) atoms. The van der Waals surface area contributed by atoms with Gasteiger partial charge in [-0.15, -0.1) is 0 Å². The Kier molecular flexibility index (Phi) is 4.13. The molecule has 1 N–H and O–H groups in total. The van der Waals surface area contributed by atoms with Crippen LogP contribution in [-0.2, 0) is 6.54 Å². The molecule has 1 aliphatic rings. The van der Waals surface area contributed by atoms with Gasteiger partial charge in [0.05, 0.1) is 23.5 Å². The van der Waals surface area contributed by atoms with E-state index in [1.807, 2.05) is 36.4 Å². The highest BCUT2D eigenvalue weighted by molar-refractivity contribution is 5.95. The van der Waals surface area contributed by atoms with Crippen molar-refractivity contribution in [3.63, 3.8) is 0 Å². The first kappa shape index (κ1) is 17.5. The molecule has 1 saturated heterocycles. The maximum Gasteiger partial charge on any atom is 0.275 e. The van der Waals surface area contributed by atoms with Gasteiger partial charge in [0.1, 0.15) is 0 Å². The van der Waals surface area contributed by atoms with Gasteiger partial charge in [-0.2, -0.15) is 5.10 Å². The number of H-pyrrole nitrogens is 1. The fourth-order valence-corrected chi connectivity index (χ4v) is 3.87. The topological polar surface area (TPSA) is 88.3 Å². The molecule has 1 atom stereocenters. The average molecular weight is 368 g/mol. The molecule has 1 aliphatic heterocycles. The number of nitrogens with zero attached hydrogens (tertiary/aromatic N) is 5. The lowest BCUT2D eigenvalue weighted by Crippen LogP contribution is -2.31. The van der Waals surface area contributed by atoms with E-state index in [-0.39, 0.29) is 17.5 Å². The van der Waals surface area contributed by atoms with E-state index in [1.54, 1.807) is 13.1 Å². The van der Waals surface area contributed by atoms with Crippen LogP contribution in [0.15, 0.2) is 17.1 Å². The van der Waals surface area contributed by atoms with E-state index >= 15 is 0 Å². The summed E-state index contributed by atoms with van der Waals surface area (Å²) in [5, 5.41) is 7.46. The number of aromatic amines is 1. The number of hydrogen-bond acceptors (Lipinski definition) is 4. The number of aromatic nitrogens is 5. The first-order valence-corrected chi connectivity index (χ1v) is 9.34. The molecule has 4 heterocycles. The summed E-state index contributed by atoms with van der Waals surface area (Å²) in [6.07, 6.45) is 3.43. The summed E-state index contributed by atoms with van der Waals surface area (Å²) in [6, 6.07) is 1.79. The van der Waals surface area contributed by atoms with Crippen molar-refractivity contribution in [3.8, 4) is 0 Å². The zero-order valence-electron chi connectivity index (χ0n) is 16.1. The summed E-state index contributed by atoms with van der Waals surface area (Å²) < 4.78 is 3.30. The summed E-state index contributed by atoms with van der Waals surface area (Å²) in [6.45, 7) is 8.97.